The summed E-state index contributed by atoms with van der Waals surface area (Å²) in [5.41, 5.74) is 8.28. The van der Waals surface area contributed by atoms with Crippen LogP contribution in [-0.4, -0.2) is 13.0 Å². The predicted molar refractivity (Wildman–Crippen MR) is 101 cm³/mol. The number of nitrogens with zero attached hydrogens (tertiary/aromatic N) is 1. The summed E-state index contributed by atoms with van der Waals surface area (Å²) in [5, 5.41) is 8.89. The van der Waals surface area contributed by atoms with Crippen molar-refractivity contribution in [3.8, 4) is 22.9 Å². The molecule has 2 N–H and O–H groups in total. The number of ether oxygens (including phenoxy) is 1. The van der Waals surface area contributed by atoms with Crippen LogP contribution >= 0.6 is 0 Å². The third kappa shape index (κ3) is 3.65. The van der Waals surface area contributed by atoms with Crippen molar-refractivity contribution < 1.29 is 13.9 Å². The molecular weight excluding hydrogens is 343 g/mol. The summed E-state index contributed by atoms with van der Waals surface area (Å²) in [4.78, 5) is 12.2. The molecule has 134 valence electrons. The van der Waals surface area contributed by atoms with Crippen molar-refractivity contribution in [2.45, 2.75) is 5.92 Å². The second-order valence-corrected chi connectivity index (χ2v) is 6.01. The lowest BCUT2D eigenvalue weighted by molar-refractivity contribution is -0.118. The Bertz CT molecular complexity index is 1030. The number of methoxy groups -OCH3 is 1. The number of carbonyl (C=O) groups excluding carboxylic acids is 1. The zero-order chi connectivity index (χ0) is 19.4. The second kappa shape index (κ2) is 7.71. The van der Waals surface area contributed by atoms with Crippen LogP contribution in [0.5, 0.6) is 5.75 Å². The highest BCUT2D eigenvalue weighted by Crippen LogP contribution is 2.35. The van der Waals surface area contributed by atoms with E-state index in [1.807, 2.05) is 30.3 Å². The summed E-state index contributed by atoms with van der Waals surface area (Å²) < 4.78 is 19.4. The Morgan fingerprint density at radius 2 is 1.74 bits per heavy atom. The summed E-state index contributed by atoms with van der Waals surface area (Å²) in [6.07, 6.45) is 0. The summed E-state index contributed by atoms with van der Waals surface area (Å²) in [6.45, 7) is 0. The third-order valence-corrected chi connectivity index (χ3v) is 4.38. The number of nitriles is 1. The van der Waals surface area contributed by atoms with E-state index in [0.717, 1.165) is 5.56 Å². The zero-order valence-electron chi connectivity index (χ0n) is 14.6. The van der Waals surface area contributed by atoms with Crippen molar-refractivity contribution in [2.24, 2.45) is 5.73 Å². The molecule has 0 radical (unpaired) electrons. The SMILES string of the molecule is COc1ccc(-c2ccc(C#N)c(F)c2)cc1C(C(N)=O)c1ccccc1. The van der Waals surface area contributed by atoms with Crippen LogP contribution in [0.1, 0.15) is 22.6 Å². The molecule has 0 fully saturated rings. The zero-order valence-corrected chi connectivity index (χ0v) is 14.6. The van der Waals surface area contributed by atoms with Crippen LogP contribution in [-0.2, 0) is 4.79 Å². The normalized spacial score (nSPS) is 11.4. The molecule has 3 aromatic carbocycles. The average molecular weight is 360 g/mol. The molecule has 3 aromatic rings. The fraction of sp³-hybridized carbons (Fsp3) is 0.0909. The van der Waals surface area contributed by atoms with Crippen LogP contribution < -0.4 is 10.5 Å². The minimum absolute atomic E-state index is 0.0215. The van der Waals surface area contributed by atoms with Gasteiger partial charge >= 0.3 is 0 Å². The summed E-state index contributed by atoms with van der Waals surface area (Å²) >= 11 is 0. The van der Waals surface area contributed by atoms with E-state index >= 15 is 0 Å². The minimum Gasteiger partial charge on any atom is -0.496 e. The van der Waals surface area contributed by atoms with Gasteiger partial charge in [-0.3, -0.25) is 4.79 Å². The van der Waals surface area contributed by atoms with E-state index in [-0.39, 0.29) is 5.56 Å². The highest BCUT2D eigenvalue weighted by atomic mass is 19.1. The summed E-state index contributed by atoms with van der Waals surface area (Å²) in [5.74, 6) is -1.30. The third-order valence-electron chi connectivity index (χ3n) is 4.38. The molecule has 0 heterocycles. The number of carbonyl (C=O) groups is 1. The maximum Gasteiger partial charge on any atom is 0.229 e. The molecule has 4 nitrogen and oxygen atoms in total. The molecular formula is C22H17FN2O2. The lowest BCUT2D eigenvalue weighted by Crippen LogP contribution is -2.23. The average Bonchev–Trinajstić information content (AvgIpc) is 2.68. The van der Waals surface area contributed by atoms with Crippen LogP contribution in [0.3, 0.4) is 0 Å². The van der Waals surface area contributed by atoms with Gasteiger partial charge in [-0.2, -0.15) is 5.26 Å². The van der Waals surface area contributed by atoms with Gasteiger partial charge < -0.3 is 10.5 Å². The first-order chi connectivity index (χ1) is 13.0. The van der Waals surface area contributed by atoms with E-state index < -0.39 is 17.6 Å². The lowest BCUT2D eigenvalue weighted by atomic mass is 9.88. The Kier molecular flexibility index (Phi) is 5.18. The molecule has 1 unspecified atom stereocenters. The number of hydrogen-bond acceptors (Lipinski definition) is 3. The number of benzene rings is 3. The minimum atomic E-state index is -0.704. The van der Waals surface area contributed by atoms with Gasteiger partial charge in [-0.15, -0.1) is 0 Å². The highest BCUT2D eigenvalue weighted by Gasteiger charge is 2.24. The number of amides is 1. The van der Waals surface area contributed by atoms with Gasteiger partial charge in [-0.25, -0.2) is 4.39 Å². The molecule has 1 amide bonds. The standard InChI is InChI=1S/C22H17FN2O2/c1-27-20-10-9-15(16-7-8-17(13-24)19(23)12-16)11-18(20)21(22(25)26)14-5-3-2-4-6-14/h2-12,21H,1H3,(H2,25,26). The number of primary amides is 1. The van der Waals surface area contributed by atoms with Gasteiger partial charge in [0.1, 0.15) is 17.6 Å². The Morgan fingerprint density at radius 1 is 1.07 bits per heavy atom. The fourth-order valence-electron chi connectivity index (χ4n) is 3.07. The number of nitrogens with two attached hydrogens (primary N) is 1. The van der Waals surface area contributed by atoms with Gasteiger partial charge in [0.05, 0.1) is 18.6 Å². The maximum absolute atomic E-state index is 14.0. The first-order valence-corrected chi connectivity index (χ1v) is 8.27. The Hall–Kier alpha value is -3.65. The van der Waals surface area contributed by atoms with E-state index in [4.69, 9.17) is 15.7 Å². The summed E-state index contributed by atoms with van der Waals surface area (Å²) in [6, 6.07) is 20.6. The van der Waals surface area contributed by atoms with Gasteiger partial charge in [0.15, 0.2) is 0 Å². The molecule has 27 heavy (non-hydrogen) atoms. The van der Waals surface area contributed by atoms with Crippen molar-refractivity contribution in [1.82, 2.24) is 0 Å². The largest absolute Gasteiger partial charge is 0.496 e. The van der Waals surface area contributed by atoms with Crippen LogP contribution in [0.15, 0.2) is 66.7 Å². The van der Waals surface area contributed by atoms with Crippen molar-refractivity contribution in [1.29, 1.82) is 5.26 Å². The van der Waals surface area contributed by atoms with Crippen LogP contribution in [0.2, 0.25) is 0 Å². The van der Waals surface area contributed by atoms with Crippen molar-refractivity contribution in [3.63, 3.8) is 0 Å². The van der Waals surface area contributed by atoms with Crippen molar-refractivity contribution in [2.75, 3.05) is 7.11 Å². The molecule has 0 saturated carbocycles. The van der Waals surface area contributed by atoms with Gasteiger partial charge in [-0.1, -0.05) is 42.5 Å². The van der Waals surface area contributed by atoms with Gasteiger partial charge in [0.25, 0.3) is 0 Å². The molecule has 0 aliphatic carbocycles. The molecule has 0 saturated heterocycles. The highest BCUT2D eigenvalue weighted by molar-refractivity contribution is 5.87. The second-order valence-electron chi connectivity index (χ2n) is 6.01. The molecule has 5 heteroatoms. The fourth-order valence-corrected chi connectivity index (χ4v) is 3.07. The van der Waals surface area contributed by atoms with Gasteiger partial charge in [0, 0.05) is 5.56 Å². The Balaban J connectivity index is 2.15. The molecule has 3 rings (SSSR count). The predicted octanol–water partition coefficient (Wildman–Crippen LogP) is 3.99. The summed E-state index contributed by atoms with van der Waals surface area (Å²) in [7, 11) is 1.52. The lowest BCUT2D eigenvalue weighted by Gasteiger charge is -2.19. The Labute approximate surface area is 156 Å². The molecule has 0 aliphatic heterocycles. The van der Waals surface area contributed by atoms with E-state index in [9.17, 15) is 9.18 Å². The number of rotatable bonds is 5. The van der Waals surface area contributed by atoms with Crippen molar-refractivity contribution >= 4 is 5.91 Å². The topological polar surface area (TPSA) is 76.1 Å². The maximum atomic E-state index is 14.0. The molecule has 0 spiro atoms. The van der Waals surface area contributed by atoms with E-state index in [1.165, 1.54) is 19.2 Å². The first-order valence-electron chi connectivity index (χ1n) is 8.27. The van der Waals surface area contributed by atoms with E-state index in [1.54, 1.807) is 30.3 Å². The molecule has 1 atom stereocenters. The number of halogens is 1. The Morgan fingerprint density at radius 3 is 2.33 bits per heavy atom. The quantitative estimate of drug-likeness (QED) is 0.747. The van der Waals surface area contributed by atoms with E-state index in [0.29, 0.717) is 22.4 Å². The molecule has 0 bridgehead atoms. The van der Waals surface area contributed by atoms with E-state index in [2.05, 4.69) is 0 Å². The van der Waals surface area contributed by atoms with Gasteiger partial charge in [0.2, 0.25) is 5.91 Å². The van der Waals surface area contributed by atoms with Crippen LogP contribution in [0.25, 0.3) is 11.1 Å². The van der Waals surface area contributed by atoms with Crippen LogP contribution in [0, 0.1) is 17.1 Å². The molecule has 0 aromatic heterocycles. The molecule has 0 aliphatic rings. The van der Waals surface area contributed by atoms with Crippen LogP contribution in [0.4, 0.5) is 4.39 Å². The monoisotopic (exact) mass is 360 g/mol. The van der Waals surface area contributed by atoms with Crippen molar-refractivity contribution in [3.05, 3.63) is 89.2 Å². The smallest absolute Gasteiger partial charge is 0.229 e. The number of hydrogen-bond donors (Lipinski definition) is 1. The first kappa shape index (κ1) is 18.2. The van der Waals surface area contributed by atoms with Gasteiger partial charge in [-0.05, 0) is 41.0 Å².